The number of anilines is 1. The monoisotopic (exact) mass is 351 g/mol. The van der Waals surface area contributed by atoms with E-state index in [4.69, 9.17) is 5.73 Å². The minimum absolute atomic E-state index is 0.437. The Morgan fingerprint density at radius 1 is 1.00 bits per heavy atom. The number of nitrogens with two attached hydrogens (primary N) is 1. The first kappa shape index (κ1) is 19.2. The Kier molecular flexibility index (Phi) is 6.42. The topological polar surface area (TPSA) is 50.9 Å². The molecule has 0 radical (unpaired) electrons. The van der Waals surface area contributed by atoms with E-state index in [1.807, 2.05) is 26.1 Å². The number of hydrogen-bond donors (Lipinski definition) is 2. The molecule has 0 aliphatic carbocycles. The second-order valence-corrected chi connectivity index (χ2v) is 6.30. The Morgan fingerprint density at radius 3 is 2.28 bits per heavy atom. The average Bonchev–Trinajstić information content (AvgIpc) is 2.51. The average molecular weight is 351 g/mol. The standard InChI is InChI=1S/C19H24F3N3/c1-13-8-17(25-18(23)9-13)6-5-15-10-14(4-3-7-24-2)11-16(12-15)19(20,21)22/h8-12,24H,3-7H2,1-2H3,(H2,23,25). The Labute approximate surface area is 146 Å². The van der Waals surface area contributed by atoms with Crippen LogP contribution in [0.2, 0.25) is 0 Å². The van der Waals surface area contributed by atoms with Gasteiger partial charge in [-0.1, -0.05) is 6.07 Å². The van der Waals surface area contributed by atoms with Gasteiger partial charge >= 0.3 is 6.18 Å². The van der Waals surface area contributed by atoms with Gasteiger partial charge in [-0.2, -0.15) is 13.2 Å². The summed E-state index contributed by atoms with van der Waals surface area (Å²) < 4.78 is 39.5. The highest BCUT2D eigenvalue weighted by Gasteiger charge is 2.31. The number of pyridine rings is 1. The molecule has 3 N–H and O–H groups in total. The van der Waals surface area contributed by atoms with Crippen LogP contribution in [0, 0.1) is 6.92 Å². The van der Waals surface area contributed by atoms with Crippen molar-refractivity contribution >= 4 is 5.82 Å². The van der Waals surface area contributed by atoms with Gasteiger partial charge in [-0.25, -0.2) is 4.98 Å². The van der Waals surface area contributed by atoms with Crippen LogP contribution in [0.4, 0.5) is 19.0 Å². The Balaban J connectivity index is 2.18. The minimum Gasteiger partial charge on any atom is -0.384 e. The van der Waals surface area contributed by atoms with Crippen LogP contribution in [0.3, 0.4) is 0 Å². The van der Waals surface area contributed by atoms with Gasteiger partial charge in [0.15, 0.2) is 0 Å². The van der Waals surface area contributed by atoms with Crippen molar-refractivity contribution in [3.63, 3.8) is 0 Å². The van der Waals surface area contributed by atoms with Crippen molar-refractivity contribution in [2.45, 2.75) is 38.8 Å². The highest BCUT2D eigenvalue weighted by molar-refractivity contribution is 5.35. The summed E-state index contributed by atoms with van der Waals surface area (Å²) in [7, 11) is 1.83. The maximum Gasteiger partial charge on any atom is 0.416 e. The van der Waals surface area contributed by atoms with Gasteiger partial charge in [0.2, 0.25) is 0 Å². The summed E-state index contributed by atoms with van der Waals surface area (Å²) in [6.07, 6.45) is -1.86. The molecule has 2 aromatic rings. The Hall–Kier alpha value is -2.08. The highest BCUT2D eigenvalue weighted by atomic mass is 19.4. The molecule has 2 rings (SSSR count). The largest absolute Gasteiger partial charge is 0.416 e. The van der Waals surface area contributed by atoms with Gasteiger partial charge in [0.25, 0.3) is 0 Å². The van der Waals surface area contributed by atoms with E-state index in [1.165, 1.54) is 12.1 Å². The molecule has 25 heavy (non-hydrogen) atoms. The van der Waals surface area contributed by atoms with Crippen molar-refractivity contribution in [2.75, 3.05) is 19.3 Å². The minimum atomic E-state index is -4.33. The third-order valence-corrected chi connectivity index (χ3v) is 3.98. The van der Waals surface area contributed by atoms with Gasteiger partial charge in [-0.05, 0) is 87.2 Å². The molecule has 136 valence electrons. The second-order valence-electron chi connectivity index (χ2n) is 6.30. The molecule has 0 aliphatic rings. The van der Waals surface area contributed by atoms with Crippen LogP contribution in [0.1, 0.15) is 34.4 Å². The number of alkyl halides is 3. The number of aromatic nitrogens is 1. The van der Waals surface area contributed by atoms with Gasteiger partial charge in [-0.3, -0.25) is 0 Å². The van der Waals surface area contributed by atoms with Crippen LogP contribution in [0.5, 0.6) is 0 Å². The summed E-state index contributed by atoms with van der Waals surface area (Å²) in [6, 6.07) is 8.04. The smallest absolute Gasteiger partial charge is 0.384 e. The summed E-state index contributed by atoms with van der Waals surface area (Å²) in [4.78, 5) is 4.25. The van der Waals surface area contributed by atoms with Crippen LogP contribution >= 0.6 is 0 Å². The summed E-state index contributed by atoms with van der Waals surface area (Å²) in [5.74, 6) is 0.437. The van der Waals surface area contributed by atoms with Gasteiger partial charge in [-0.15, -0.1) is 0 Å². The van der Waals surface area contributed by atoms with E-state index in [1.54, 1.807) is 6.07 Å². The zero-order valence-corrected chi connectivity index (χ0v) is 14.6. The van der Waals surface area contributed by atoms with E-state index in [-0.39, 0.29) is 0 Å². The third-order valence-electron chi connectivity index (χ3n) is 3.98. The molecule has 0 spiro atoms. The molecule has 0 fully saturated rings. The normalized spacial score (nSPS) is 11.7. The van der Waals surface area contributed by atoms with E-state index < -0.39 is 11.7 Å². The van der Waals surface area contributed by atoms with Gasteiger partial charge in [0.05, 0.1) is 5.56 Å². The van der Waals surface area contributed by atoms with Gasteiger partial charge < -0.3 is 11.1 Å². The summed E-state index contributed by atoms with van der Waals surface area (Å²) >= 11 is 0. The van der Waals surface area contributed by atoms with Crippen molar-refractivity contribution in [3.05, 3.63) is 58.3 Å². The molecule has 1 heterocycles. The zero-order valence-electron chi connectivity index (χ0n) is 14.6. The fraction of sp³-hybridized carbons (Fsp3) is 0.421. The molecule has 0 bridgehead atoms. The fourth-order valence-electron chi connectivity index (χ4n) is 2.85. The van der Waals surface area contributed by atoms with Crippen LogP contribution in [0.25, 0.3) is 0 Å². The van der Waals surface area contributed by atoms with E-state index >= 15 is 0 Å². The lowest BCUT2D eigenvalue weighted by molar-refractivity contribution is -0.137. The lowest BCUT2D eigenvalue weighted by atomic mass is 9.98. The van der Waals surface area contributed by atoms with E-state index in [9.17, 15) is 13.2 Å². The number of nitrogens with zero attached hydrogens (tertiary/aromatic N) is 1. The molecule has 0 saturated carbocycles. The zero-order chi connectivity index (χ0) is 18.4. The molecule has 3 nitrogen and oxygen atoms in total. The predicted octanol–water partition coefficient (Wildman–Crippen LogP) is 3.93. The van der Waals surface area contributed by atoms with E-state index in [0.717, 1.165) is 29.8 Å². The molecular weight excluding hydrogens is 327 g/mol. The molecule has 0 saturated heterocycles. The summed E-state index contributed by atoms with van der Waals surface area (Å²) in [5.41, 5.74) is 8.35. The number of rotatable bonds is 7. The van der Waals surface area contributed by atoms with Crippen LogP contribution in [0.15, 0.2) is 30.3 Å². The van der Waals surface area contributed by atoms with Gasteiger partial charge in [0, 0.05) is 5.69 Å². The molecular formula is C19H24F3N3. The molecule has 0 unspecified atom stereocenters. The first-order valence-corrected chi connectivity index (χ1v) is 8.35. The number of hydrogen-bond acceptors (Lipinski definition) is 3. The Bertz CT molecular complexity index is 691. The first-order chi connectivity index (χ1) is 11.8. The lowest BCUT2D eigenvalue weighted by Gasteiger charge is -2.13. The van der Waals surface area contributed by atoms with Crippen molar-refractivity contribution in [1.82, 2.24) is 10.3 Å². The molecule has 0 amide bonds. The van der Waals surface area contributed by atoms with Crippen molar-refractivity contribution in [1.29, 1.82) is 0 Å². The first-order valence-electron chi connectivity index (χ1n) is 8.35. The van der Waals surface area contributed by atoms with Crippen LogP contribution in [-0.2, 0) is 25.4 Å². The maximum atomic E-state index is 13.2. The van der Waals surface area contributed by atoms with Crippen molar-refractivity contribution in [3.8, 4) is 0 Å². The number of benzene rings is 1. The molecule has 0 atom stereocenters. The number of nitrogens with one attached hydrogen (secondary N) is 1. The van der Waals surface area contributed by atoms with Crippen molar-refractivity contribution in [2.24, 2.45) is 0 Å². The quantitative estimate of drug-likeness (QED) is 0.743. The Morgan fingerprint density at radius 2 is 1.68 bits per heavy atom. The summed E-state index contributed by atoms with van der Waals surface area (Å²) in [6.45, 7) is 2.70. The number of halogens is 3. The molecule has 1 aromatic heterocycles. The van der Waals surface area contributed by atoms with Crippen molar-refractivity contribution < 1.29 is 13.2 Å². The van der Waals surface area contributed by atoms with E-state index in [0.29, 0.717) is 30.6 Å². The highest BCUT2D eigenvalue weighted by Crippen LogP contribution is 2.31. The SMILES string of the molecule is CNCCCc1cc(CCc2cc(C)cc(N)n2)cc(C(F)(F)F)c1. The van der Waals surface area contributed by atoms with E-state index in [2.05, 4.69) is 10.3 Å². The molecule has 6 heteroatoms. The molecule has 0 aliphatic heterocycles. The second kappa shape index (κ2) is 8.34. The van der Waals surface area contributed by atoms with Crippen LogP contribution < -0.4 is 11.1 Å². The molecule has 1 aromatic carbocycles. The lowest BCUT2D eigenvalue weighted by Crippen LogP contribution is -2.10. The maximum absolute atomic E-state index is 13.2. The number of aryl methyl sites for hydroxylation is 4. The third kappa shape index (κ3) is 6.05. The number of nitrogen functional groups attached to an aromatic ring is 1. The summed E-state index contributed by atoms with van der Waals surface area (Å²) in [5, 5.41) is 3.01. The predicted molar refractivity (Wildman–Crippen MR) is 94.5 cm³/mol. The fourth-order valence-corrected chi connectivity index (χ4v) is 2.85. The van der Waals surface area contributed by atoms with Gasteiger partial charge in [0.1, 0.15) is 5.82 Å². The van der Waals surface area contributed by atoms with Crippen LogP contribution in [-0.4, -0.2) is 18.6 Å².